The maximum absolute atomic E-state index is 6.10. The monoisotopic (exact) mass is 302 g/mol. The van der Waals surface area contributed by atoms with Crippen LogP contribution in [0.1, 0.15) is 30.5 Å². The van der Waals surface area contributed by atoms with Gasteiger partial charge in [-0.2, -0.15) is 0 Å². The summed E-state index contributed by atoms with van der Waals surface area (Å²) in [7, 11) is 0. The Labute approximate surface area is 130 Å². The van der Waals surface area contributed by atoms with E-state index in [4.69, 9.17) is 21.1 Å². The van der Waals surface area contributed by atoms with Crippen molar-refractivity contribution >= 4 is 11.6 Å². The average molecular weight is 303 g/mol. The summed E-state index contributed by atoms with van der Waals surface area (Å²) in [6.07, 6.45) is 0.903. The Morgan fingerprint density at radius 3 is 2.76 bits per heavy atom. The molecule has 0 atom stereocenters. The number of aryl methyl sites for hydroxylation is 1. The third-order valence-corrected chi connectivity index (χ3v) is 3.99. The van der Waals surface area contributed by atoms with Crippen molar-refractivity contribution in [3.63, 3.8) is 0 Å². The molecule has 1 aliphatic heterocycles. The molecule has 2 aromatic carbocycles. The molecular formula is C18H19ClO2. The molecule has 0 aliphatic carbocycles. The lowest BCUT2D eigenvalue weighted by atomic mass is 10.0. The first kappa shape index (κ1) is 14.3. The second-order valence-electron chi connectivity index (χ2n) is 6.12. The molecule has 110 valence electrons. The van der Waals surface area contributed by atoms with Crippen LogP contribution in [0, 0.1) is 6.92 Å². The van der Waals surface area contributed by atoms with Gasteiger partial charge in [-0.05, 0) is 44.0 Å². The van der Waals surface area contributed by atoms with Crippen LogP contribution in [0.2, 0.25) is 0 Å². The Kier molecular flexibility index (Phi) is 3.58. The molecule has 0 amide bonds. The van der Waals surface area contributed by atoms with Crippen LogP contribution < -0.4 is 9.47 Å². The zero-order valence-corrected chi connectivity index (χ0v) is 13.3. The van der Waals surface area contributed by atoms with Crippen LogP contribution in [0.15, 0.2) is 36.4 Å². The minimum atomic E-state index is -0.172. The number of fused-ring (bicyclic) bond motifs is 1. The summed E-state index contributed by atoms with van der Waals surface area (Å²) in [6.45, 7) is 6.22. The maximum atomic E-state index is 6.10. The summed E-state index contributed by atoms with van der Waals surface area (Å²) >= 11 is 5.91. The zero-order valence-electron chi connectivity index (χ0n) is 12.6. The topological polar surface area (TPSA) is 18.5 Å². The first-order valence-corrected chi connectivity index (χ1v) is 7.66. The molecule has 1 aliphatic rings. The van der Waals surface area contributed by atoms with E-state index in [2.05, 4.69) is 19.9 Å². The number of hydrogen-bond acceptors (Lipinski definition) is 2. The molecule has 0 saturated heterocycles. The molecule has 21 heavy (non-hydrogen) atoms. The number of para-hydroxylation sites is 1. The van der Waals surface area contributed by atoms with Crippen LogP contribution in [0.25, 0.3) is 0 Å². The number of hydrogen-bond donors (Lipinski definition) is 0. The summed E-state index contributed by atoms with van der Waals surface area (Å²) in [5.74, 6) is 2.94. The Morgan fingerprint density at radius 1 is 1.19 bits per heavy atom. The van der Waals surface area contributed by atoms with Gasteiger partial charge in [0.1, 0.15) is 11.4 Å². The third-order valence-electron chi connectivity index (χ3n) is 3.68. The number of benzene rings is 2. The molecule has 1 heterocycles. The van der Waals surface area contributed by atoms with Crippen molar-refractivity contribution in [2.24, 2.45) is 0 Å². The quantitative estimate of drug-likeness (QED) is 0.722. The van der Waals surface area contributed by atoms with Gasteiger partial charge >= 0.3 is 0 Å². The van der Waals surface area contributed by atoms with E-state index in [1.165, 1.54) is 5.56 Å². The largest absolute Gasteiger partial charge is 0.483 e. The SMILES string of the molecule is Cc1ccc(CCl)cc1Oc1cccc2c1OC(C)(C)C2. The highest BCUT2D eigenvalue weighted by Crippen LogP contribution is 2.43. The van der Waals surface area contributed by atoms with E-state index >= 15 is 0 Å². The molecule has 0 spiro atoms. The highest BCUT2D eigenvalue weighted by Gasteiger charge is 2.32. The van der Waals surface area contributed by atoms with E-state index in [-0.39, 0.29) is 5.60 Å². The minimum absolute atomic E-state index is 0.172. The van der Waals surface area contributed by atoms with Crippen molar-refractivity contribution in [3.8, 4) is 17.2 Å². The number of alkyl halides is 1. The normalized spacial score (nSPS) is 15.4. The molecule has 0 N–H and O–H groups in total. The fraction of sp³-hybridized carbons (Fsp3) is 0.333. The fourth-order valence-corrected chi connectivity index (χ4v) is 2.79. The van der Waals surface area contributed by atoms with Gasteiger partial charge in [-0.15, -0.1) is 11.6 Å². The van der Waals surface area contributed by atoms with Crippen molar-refractivity contribution in [1.82, 2.24) is 0 Å². The van der Waals surface area contributed by atoms with E-state index < -0.39 is 0 Å². The third kappa shape index (κ3) is 2.86. The van der Waals surface area contributed by atoms with Crippen molar-refractivity contribution in [2.75, 3.05) is 0 Å². The Hall–Kier alpha value is -1.67. The minimum Gasteiger partial charge on any atom is -0.483 e. The van der Waals surface area contributed by atoms with Crippen molar-refractivity contribution in [1.29, 1.82) is 0 Å². The molecule has 0 fully saturated rings. The second kappa shape index (κ2) is 5.27. The van der Waals surface area contributed by atoms with Crippen molar-refractivity contribution in [2.45, 2.75) is 38.7 Å². The predicted octanol–water partition coefficient (Wildman–Crippen LogP) is 5.24. The first-order chi connectivity index (χ1) is 9.98. The molecule has 2 aromatic rings. The maximum Gasteiger partial charge on any atom is 0.169 e. The van der Waals surface area contributed by atoms with Crippen LogP contribution in [0.4, 0.5) is 0 Å². The van der Waals surface area contributed by atoms with Crippen molar-refractivity contribution < 1.29 is 9.47 Å². The molecule has 0 bridgehead atoms. The lowest BCUT2D eigenvalue weighted by Crippen LogP contribution is -2.24. The van der Waals surface area contributed by atoms with E-state index in [9.17, 15) is 0 Å². The lowest BCUT2D eigenvalue weighted by molar-refractivity contribution is 0.135. The van der Waals surface area contributed by atoms with E-state index in [0.717, 1.165) is 34.8 Å². The predicted molar refractivity (Wildman–Crippen MR) is 85.7 cm³/mol. The first-order valence-electron chi connectivity index (χ1n) is 7.13. The standard InChI is InChI=1S/C18H19ClO2/c1-12-7-8-13(11-19)9-16(12)20-15-6-4-5-14-10-18(2,3)21-17(14)15/h4-9H,10-11H2,1-3H3. The van der Waals surface area contributed by atoms with Crippen LogP contribution in [0.3, 0.4) is 0 Å². The highest BCUT2D eigenvalue weighted by atomic mass is 35.5. The highest BCUT2D eigenvalue weighted by molar-refractivity contribution is 6.17. The summed E-state index contributed by atoms with van der Waals surface area (Å²) in [5.41, 5.74) is 3.16. The second-order valence-corrected chi connectivity index (χ2v) is 6.39. The van der Waals surface area contributed by atoms with Gasteiger partial charge in [0.2, 0.25) is 0 Å². The van der Waals surface area contributed by atoms with Gasteiger partial charge in [-0.25, -0.2) is 0 Å². The fourth-order valence-electron chi connectivity index (χ4n) is 2.62. The van der Waals surface area contributed by atoms with Crippen LogP contribution in [-0.4, -0.2) is 5.60 Å². The number of ether oxygens (including phenoxy) is 2. The Balaban J connectivity index is 1.96. The lowest BCUT2D eigenvalue weighted by Gasteiger charge is -2.18. The van der Waals surface area contributed by atoms with Gasteiger partial charge in [0.05, 0.1) is 0 Å². The van der Waals surface area contributed by atoms with Gasteiger partial charge < -0.3 is 9.47 Å². The van der Waals surface area contributed by atoms with Gasteiger partial charge in [0.15, 0.2) is 11.5 Å². The summed E-state index contributed by atoms with van der Waals surface area (Å²) in [5, 5.41) is 0. The van der Waals surface area contributed by atoms with Gasteiger partial charge in [0, 0.05) is 17.9 Å². The smallest absolute Gasteiger partial charge is 0.169 e. The zero-order chi connectivity index (χ0) is 15.0. The van der Waals surface area contributed by atoms with E-state index in [1.54, 1.807) is 0 Å². The average Bonchev–Trinajstić information content (AvgIpc) is 2.76. The van der Waals surface area contributed by atoms with E-state index in [1.807, 2.05) is 37.3 Å². The molecule has 0 radical (unpaired) electrons. The molecular weight excluding hydrogens is 284 g/mol. The Morgan fingerprint density at radius 2 is 2.00 bits per heavy atom. The van der Waals surface area contributed by atoms with Crippen molar-refractivity contribution in [3.05, 3.63) is 53.1 Å². The van der Waals surface area contributed by atoms with Crippen LogP contribution in [-0.2, 0) is 12.3 Å². The van der Waals surface area contributed by atoms with Gasteiger partial charge in [-0.3, -0.25) is 0 Å². The summed E-state index contributed by atoms with van der Waals surface area (Å²) in [6, 6.07) is 12.1. The Bertz CT molecular complexity index is 677. The molecule has 2 nitrogen and oxygen atoms in total. The van der Waals surface area contributed by atoms with Crippen LogP contribution >= 0.6 is 11.6 Å². The van der Waals surface area contributed by atoms with Gasteiger partial charge in [-0.1, -0.05) is 24.3 Å². The molecule has 3 rings (SSSR count). The summed E-state index contributed by atoms with van der Waals surface area (Å²) < 4.78 is 12.1. The molecule has 0 unspecified atom stereocenters. The summed E-state index contributed by atoms with van der Waals surface area (Å²) in [4.78, 5) is 0. The number of halogens is 1. The van der Waals surface area contributed by atoms with Gasteiger partial charge in [0.25, 0.3) is 0 Å². The van der Waals surface area contributed by atoms with E-state index in [0.29, 0.717) is 5.88 Å². The molecule has 0 saturated carbocycles. The number of rotatable bonds is 3. The molecule has 3 heteroatoms. The van der Waals surface area contributed by atoms with Crippen LogP contribution in [0.5, 0.6) is 17.2 Å². The molecule has 0 aromatic heterocycles.